The SMILES string of the molecule is O=C(Cc1cccs1)N[C@@H]1C(=O)N2C(C(=O)O)=C(CBr)C(CC(Cl)(Cl)Cl)S(=O)[C@H]12. The van der Waals surface area contributed by atoms with E-state index in [0.717, 1.165) is 9.78 Å². The van der Waals surface area contributed by atoms with E-state index in [9.17, 15) is 23.7 Å². The third kappa shape index (κ3) is 4.67. The van der Waals surface area contributed by atoms with E-state index in [1.165, 1.54) is 11.3 Å². The maximum Gasteiger partial charge on any atom is 0.352 e. The average Bonchev–Trinajstić information content (AvgIpc) is 3.12. The lowest BCUT2D eigenvalue weighted by Gasteiger charge is -2.51. The summed E-state index contributed by atoms with van der Waals surface area (Å²) in [6.45, 7) is 0. The van der Waals surface area contributed by atoms with E-state index < -0.39 is 49.0 Å². The Balaban J connectivity index is 1.89. The van der Waals surface area contributed by atoms with Crippen LogP contribution in [0.5, 0.6) is 0 Å². The zero-order valence-electron chi connectivity index (χ0n) is 14.4. The molecule has 158 valence electrons. The van der Waals surface area contributed by atoms with Crippen molar-refractivity contribution in [3.63, 3.8) is 0 Å². The number of β-lactam (4-membered cyclic amide) rings is 1. The normalized spacial score (nSPS) is 26.8. The largest absolute Gasteiger partial charge is 0.477 e. The van der Waals surface area contributed by atoms with Gasteiger partial charge in [0.25, 0.3) is 5.91 Å². The van der Waals surface area contributed by atoms with Crippen molar-refractivity contribution in [1.29, 1.82) is 0 Å². The number of alkyl halides is 4. The van der Waals surface area contributed by atoms with Crippen LogP contribution in [0.1, 0.15) is 11.3 Å². The fourth-order valence-corrected chi connectivity index (χ4v) is 7.70. The fourth-order valence-electron chi connectivity index (χ4n) is 3.29. The number of aliphatic carboxylic acids is 1. The van der Waals surface area contributed by atoms with Gasteiger partial charge in [0.1, 0.15) is 17.1 Å². The van der Waals surface area contributed by atoms with E-state index in [1.807, 2.05) is 5.38 Å². The molecule has 29 heavy (non-hydrogen) atoms. The molecule has 2 N–H and O–H groups in total. The fraction of sp³-hybridized carbons (Fsp3) is 0.438. The summed E-state index contributed by atoms with van der Waals surface area (Å²) in [7, 11) is -1.80. The van der Waals surface area contributed by atoms with Gasteiger partial charge in [0.2, 0.25) is 5.91 Å². The van der Waals surface area contributed by atoms with E-state index in [-0.39, 0.29) is 29.4 Å². The molecule has 2 aliphatic rings. The Labute approximate surface area is 195 Å². The zero-order valence-corrected chi connectivity index (χ0v) is 19.9. The standard InChI is InChI=1S/C16H14BrCl3N2O5S2/c17-6-8-9(5-16(18,19)20)29(27)14-11(13(24)22(14)12(8)15(25)26)21-10(23)4-7-2-1-3-28-7/h1-3,9,11,14H,4-6H2,(H,21,23)(H,25,26)/t9?,11-,14-,29?/m1/s1. The second-order valence-corrected chi connectivity index (χ2v) is 12.2. The molecule has 0 bridgehead atoms. The molecule has 0 radical (unpaired) electrons. The average molecular weight is 565 g/mol. The molecule has 1 fully saturated rings. The molecule has 13 heteroatoms. The van der Waals surface area contributed by atoms with Crippen molar-refractivity contribution in [2.24, 2.45) is 0 Å². The first kappa shape index (κ1) is 23.0. The number of halogens is 4. The number of carbonyl (C=O) groups excluding carboxylic acids is 2. The van der Waals surface area contributed by atoms with E-state index in [2.05, 4.69) is 21.2 Å². The molecule has 0 saturated carbocycles. The first-order valence-electron chi connectivity index (χ1n) is 8.18. The maximum atomic E-state index is 13.2. The van der Waals surface area contributed by atoms with Crippen LogP contribution in [0, 0.1) is 0 Å². The molecule has 2 amide bonds. The van der Waals surface area contributed by atoms with Crippen LogP contribution < -0.4 is 5.32 Å². The number of hydrogen-bond acceptors (Lipinski definition) is 5. The summed E-state index contributed by atoms with van der Waals surface area (Å²) < 4.78 is 11.4. The number of nitrogens with zero attached hydrogens (tertiary/aromatic N) is 1. The van der Waals surface area contributed by atoms with E-state index >= 15 is 0 Å². The summed E-state index contributed by atoms with van der Waals surface area (Å²) in [5.41, 5.74) is -0.0883. The molecule has 0 spiro atoms. The molecule has 4 atom stereocenters. The van der Waals surface area contributed by atoms with Gasteiger partial charge in [-0.2, -0.15) is 0 Å². The number of carbonyl (C=O) groups is 3. The molecule has 2 unspecified atom stereocenters. The number of nitrogens with one attached hydrogen (secondary N) is 1. The lowest BCUT2D eigenvalue weighted by atomic mass is 10.00. The van der Waals surface area contributed by atoms with Crippen molar-refractivity contribution in [1.82, 2.24) is 10.2 Å². The minimum Gasteiger partial charge on any atom is -0.477 e. The number of carboxylic acids is 1. The van der Waals surface area contributed by atoms with Crippen LogP contribution in [0.2, 0.25) is 0 Å². The summed E-state index contributed by atoms with van der Waals surface area (Å²) in [6.07, 6.45) is -0.136. The van der Waals surface area contributed by atoms with Crippen molar-refractivity contribution in [2.45, 2.75) is 33.3 Å². The van der Waals surface area contributed by atoms with Crippen LogP contribution in [0.25, 0.3) is 0 Å². The van der Waals surface area contributed by atoms with Gasteiger partial charge >= 0.3 is 5.97 Å². The third-order valence-corrected chi connectivity index (χ3v) is 8.40. The first-order chi connectivity index (χ1) is 13.5. The second-order valence-electron chi connectivity index (χ2n) is 6.35. The molecular weight excluding hydrogens is 551 g/mol. The van der Waals surface area contributed by atoms with Gasteiger partial charge in [-0.25, -0.2) is 4.79 Å². The smallest absolute Gasteiger partial charge is 0.352 e. The van der Waals surface area contributed by atoms with Gasteiger partial charge in [0, 0.05) is 16.6 Å². The minimum atomic E-state index is -1.80. The van der Waals surface area contributed by atoms with Crippen LogP contribution in [0.4, 0.5) is 0 Å². The monoisotopic (exact) mass is 562 g/mol. The van der Waals surface area contributed by atoms with Crippen LogP contribution in [-0.2, 0) is 31.6 Å². The molecule has 0 aliphatic carbocycles. The van der Waals surface area contributed by atoms with Gasteiger partial charge in [-0.05, 0) is 17.0 Å². The van der Waals surface area contributed by atoms with E-state index in [1.54, 1.807) is 12.1 Å². The van der Waals surface area contributed by atoms with Crippen molar-refractivity contribution in [2.75, 3.05) is 5.33 Å². The second kappa shape index (κ2) is 8.84. The number of rotatable bonds is 6. The Bertz CT molecular complexity index is 903. The summed E-state index contributed by atoms with van der Waals surface area (Å²) >= 11 is 22.2. The number of thiophene rings is 1. The molecule has 1 aromatic heterocycles. The first-order valence-corrected chi connectivity index (χ1v) is 12.6. The summed E-state index contributed by atoms with van der Waals surface area (Å²) in [4.78, 5) is 38.6. The molecule has 3 rings (SSSR count). The Kier molecular flexibility index (Phi) is 7.02. The molecule has 1 saturated heterocycles. The summed E-state index contributed by atoms with van der Waals surface area (Å²) in [5, 5.41) is 12.1. The summed E-state index contributed by atoms with van der Waals surface area (Å²) in [6, 6.07) is 2.47. The topological polar surface area (TPSA) is 104 Å². The van der Waals surface area contributed by atoms with Crippen molar-refractivity contribution in [3.8, 4) is 0 Å². The Hall–Kier alpha value is -0.650. The highest BCUT2D eigenvalue weighted by molar-refractivity contribution is 9.09. The van der Waals surface area contributed by atoms with E-state index in [0.29, 0.717) is 0 Å². The highest BCUT2D eigenvalue weighted by atomic mass is 79.9. The number of fused-ring (bicyclic) bond motifs is 1. The van der Waals surface area contributed by atoms with Crippen molar-refractivity contribution < 1.29 is 23.7 Å². The van der Waals surface area contributed by atoms with Crippen LogP contribution in [-0.4, -0.2) is 57.8 Å². The molecule has 3 heterocycles. The Morgan fingerprint density at radius 2 is 2.07 bits per heavy atom. The molecule has 1 aromatic rings. The van der Waals surface area contributed by atoms with Crippen LogP contribution in [0.15, 0.2) is 28.8 Å². The molecule has 2 aliphatic heterocycles. The molecular formula is C16H14BrCl3N2O5S2. The Morgan fingerprint density at radius 1 is 1.38 bits per heavy atom. The number of amides is 2. The lowest BCUT2D eigenvalue weighted by molar-refractivity contribution is -0.151. The molecule has 7 nitrogen and oxygen atoms in total. The van der Waals surface area contributed by atoms with Crippen molar-refractivity contribution >= 4 is 90.7 Å². The van der Waals surface area contributed by atoms with Gasteiger partial charge in [-0.1, -0.05) is 56.8 Å². The third-order valence-electron chi connectivity index (χ3n) is 4.49. The van der Waals surface area contributed by atoms with Crippen molar-refractivity contribution in [3.05, 3.63) is 33.7 Å². The minimum absolute atomic E-state index is 0.0394. The Morgan fingerprint density at radius 3 is 2.59 bits per heavy atom. The highest BCUT2D eigenvalue weighted by Gasteiger charge is 2.60. The summed E-state index contributed by atoms with van der Waals surface area (Å²) in [5.74, 6) is -2.41. The molecule has 0 aromatic carbocycles. The zero-order chi connectivity index (χ0) is 21.5. The highest BCUT2D eigenvalue weighted by Crippen LogP contribution is 2.43. The van der Waals surface area contributed by atoms with Crippen LogP contribution in [0.3, 0.4) is 0 Å². The van der Waals surface area contributed by atoms with Gasteiger partial charge in [0.05, 0.1) is 22.5 Å². The number of hydrogen-bond donors (Lipinski definition) is 2. The number of carboxylic acid groups (broad SMARTS) is 1. The van der Waals surface area contributed by atoms with Gasteiger partial charge in [-0.3, -0.25) is 18.7 Å². The van der Waals surface area contributed by atoms with Gasteiger partial charge in [-0.15, -0.1) is 11.3 Å². The lowest BCUT2D eigenvalue weighted by Crippen LogP contribution is -2.74. The van der Waals surface area contributed by atoms with Gasteiger partial charge < -0.3 is 10.4 Å². The predicted octanol–water partition coefficient (Wildman–Crippen LogP) is 2.57. The quantitative estimate of drug-likeness (QED) is 0.409. The predicted molar refractivity (Wildman–Crippen MR) is 116 cm³/mol. The van der Waals surface area contributed by atoms with Gasteiger partial charge in [0.15, 0.2) is 3.79 Å². The van der Waals surface area contributed by atoms with E-state index in [4.69, 9.17) is 34.8 Å². The maximum absolute atomic E-state index is 13.2. The van der Waals surface area contributed by atoms with Crippen LogP contribution >= 0.6 is 62.1 Å².